The molecule has 1 saturated carbocycles. The minimum atomic E-state index is -0.542. The average molecular weight is 277 g/mol. The van der Waals surface area contributed by atoms with Gasteiger partial charge < -0.3 is 15.2 Å². The molecule has 2 rings (SSSR count). The van der Waals surface area contributed by atoms with Crippen LogP contribution in [0.25, 0.3) is 0 Å². The van der Waals surface area contributed by atoms with Crippen LogP contribution in [0, 0.1) is 0 Å². The van der Waals surface area contributed by atoms with Gasteiger partial charge in [-0.3, -0.25) is 0 Å². The van der Waals surface area contributed by atoms with Gasteiger partial charge in [-0.15, -0.1) is 0 Å². The zero-order valence-corrected chi connectivity index (χ0v) is 12.3. The maximum atomic E-state index is 11.8. The van der Waals surface area contributed by atoms with Crippen LogP contribution in [-0.4, -0.2) is 23.4 Å². The van der Waals surface area contributed by atoms with Gasteiger partial charge in [0, 0.05) is 0 Å². The normalized spacial score (nSPS) is 16.6. The highest BCUT2D eigenvalue weighted by atomic mass is 16.6. The molecule has 1 amide bonds. The molecule has 1 aliphatic carbocycles. The van der Waals surface area contributed by atoms with E-state index in [0.717, 1.165) is 5.56 Å². The highest BCUT2D eigenvalue weighted by Crippen LogP contribution is 2.40. The molecule has 4 nitrogen and oxygen atoms in total. The molecule has 20 heavy (non-hydrogen) atoms. The van der Waals surface area contributed by atoms with Gasteiger partial charge in [0.2, 0.25) is 0 Å². The minimum Gasteiger partial charge on any atom is -0.444 e. The molecule has 0 heterocycles. The third-order valence-corrected chi connectivity index (χ3v) is 3.24. The van der Waals surface area contributed by atoms with E-state index in [0.29, 0.717) is 5.92 Å². The molecule has 1 fully saturated rings. The van der Waals surface area contributed by atoms with Crippen LogP contribution in [0.15, 0.2) is 24.3 Å². The van der Waals surface area contributed by atoms with Crippen LogP contribution in [-0.2, 0) is 4.74 Å². The third kappa shape index (κ3) is 4.23. The quantitative estimate of drug-likeness (QED) is 0.889. The van der Waals surface area contributed by atoms with Crippen LogP contribution in [0.4, 0.5) is 4.79 Å². The molecule has 110 valence electrons. The van der Waals surface area contributed by atoms with Gasteiger partial charge in [0.05, 0.1) is 12.6 Å². The summed E-state index contributed by atoms with van der Waals surface area (Å²) in [5.74, 6) is 0.649. The molecule has 0 bridgehead atoms. The number of hydrogen-bond acceptors (Lipinski definition) is 3. The van der Waals surface area contributed by atoms with E-state index >= 15 is 0 Å². The minimum absolute atomic E-state index is 0.145. The van der Waals surface area contributed by atoms with Gasteiger partial charge in [0.15, 0.2) is 0 Å². The molecular weight excluding hydrogens is 254 g/mol. The smallest absolute Gasteiger partial charge is 0.408 e. The first kappa shape index (κ1) is 14.9. The van der Waals surface area contributed by atoms with E-state index in [-0.39, 0.29) is 6.61 Å². The molecule has 1 unspecified atom stereocenters. The molecular formula is C16H23NO3. The van der Waals surface area contributed by atoms with Gasteiger partial charge in [-0.1, -0.05) is 24.3 Å². The van der Waals surface area contributed by atoms with E-state index in [1.165, 1.54) is 18.4 Å². The number of aliphatic hydroxyl groups excluding tert-OH is 1. The Balaban J connectivity index is 2.04. The molecule has 4 heteroatoms. The van der Waals surface area contributed by atoms with Crippen molar-refractivity contribution in [1.29, 1.82) is 0 Å². The van der Waals surface area contributed by atoms with Crippen LogP contribution in [0.2, 0.25) is 0 Å². The lowest BCUT2D eigenvalue weighted by Crippen LogP contribution is -2.36. The summed E-state index contributed by atoms with van der Waals surface area (Å²) in [7, 11) is 0. The number of aliphatic hydroxyl groups is 1. The average Bonchev–Trinajstić information content (AvgIpc) is 3.18. The lowest BCUT2D eigenvalue weighted by Gasteiger charge is -2.23. The van der Waals surface area contributed by atoms with Crippen molar-refractivity contribution in [2.45, 2.75) is 51.2 Å². The summed E-state index contributed by atoms with van der Waals surface area (Å²) >= 11 is 0. The number of carbonyl (C=O) groups is 1. The first-order valence-electron chi connectivity index (χ1n) is 7.09. The van der Waals surface area contributed by atoms with Crippen molar-refractivity contribution in [3.8, 4) is 0 Å². The Morgan fingerprint density at radius 2 is 2.15 bits per heavy atom. The van der Waals surface area contributed by atoms with Crippen molar-refractivity contribution in [2.24, 2.45) is 0 Å². The number of hydrogen-bond donors (Lipinski definition) is 2. The van der Waals surface area contributed by atoms with E-state index in [9.17, 15) is 9.90 Å². The van der Waals surface area contributed by atoms with Crippen LogP contribution in [0.1, 0.15) is 56.7 Å². The van der Waals surface area contributed by atoms with Gasteiger partial charge in [0.25, 0.3) is 0 Å². The number of benzene rings is 1. The van der Waals surface area contributed by atoms with Crippen molar-refractivity contribution >= 4 is 6.09 Å². The predicted octanol–water partition coefficient (Wildman–Crippen LogP) is 3.12. The number of nitrogens with one attached hydrogen (secondary N) is 1. The topological polar surface area (TPSA) is 58.6 Å². The van der Waals surface area contributed by atoms with Crippen molar-refractivity contribution in [2.75, 3.05) is 6.61 Å². The molecule has 2 N–H and O–H groups in total. The van der Waals surface area contributed by atoms with Gasteiger partial charge in [-0.2, -0.15) is 0 Å². The van der Waals surface area contributed by atoms with Crippen LogP contribution < -0.4 is 5.32 Å². The molecule has 1 aromatic carbocycles. The Labute approximate surface area is 120 Å². The van der Waals surface area contributed by atoms with E-state index in [4.69, 9.17) is 4.74 Å². The standard InChI is InChI=1S/C16H23NO3/c1-16(2,3)20-15(19)17-14(10-18)13-6-4-5-12(9-13)11-7-8-11/h4-6,9,11,14,18H,7-8,10H2,1-3H3,(H,17,19). The number of rotatable bonds is 4. The zero-order chi connectivity index (χ0) is 14.8. The fourth-order valence-electron chi connectivity index (χ4n) is 2.13. The molecule has 1 aromatic rings. The molecule has 1 atom stereocenters. The highest BCUT2D eigenvalue weighted by Gasteiger charge is 2.25. The number of carbonyl (C=O) groups excluding carboxylic acids is 1. The Bertz CT molecular complexity index is 475. The molecule has 1 aliphatic rings. The molecule has 0 aliphatic heterocycles. The Hall–Kier alpha value is -1.55. The largest absolute Gasteiger partial charge is 0.444 e. The summed E-state index contributed by atoms with van der Waals surface area (Å²) < 4.78 is 5.22. The Morgan fingerprint density at radius 3 is 2.70 bits per heavy atom. The molecule has 0 radical (unpaired) electrons. The summed E-state index contributed by atoms with van der Waals surface area (Å²) in [5, 5.41) is 12.2. The Kier molecular flexibility index (Phi) is 4.33. The first-order chi connectivity index (χ1) is 9.39. The van der Waals surface area contributed by atoms with E-state index in [2.05, 4.69) is 17.4 Å². The van der Waals surface area contributed by atoms with Crippen molar-refractivity contribution in [3.05, 3.63) is 35.4 Å². The van der Waals surface area contributed by atoms with Gasteiger partial charge in [-0.05, 0) is 50.7 Å². The molecule has 0 aromatic heterocycles. The highest BCUT2D eigenvalue weighted by molar-refractivity contribution is 5.68. The number of alkyl carbamates (subject to hydrolysis) is 1. The second kappa shape index (κ2) is 5.83. The van der Waals surface area contributed by atoms with Crippen molar-refractivity contribution < 1.29 is 14.6 Å². The van der Waals surface area contributed by atoms with Gasteiger partial charge in [-0.25, -0.2) is 4.79 Å². The van der Waals surface area contributed by atoms with Crippen LogP contribution in [0.3, 0.4) is 0 Å². The number of ether oxygens (including phenoxy) is 1. The fraction of sp³-hybridized carbons (Fsp3) is 0.562. The molecule has 0 saturated heterocycles. The van der Waals surface area contributed by atoms with Crippen LogP contribution in [0.5, 0.6) is 0 Å². The predicted molar refractivity (Wildman–Crippen MR) is 77.6 cm³/mol. The first-order valence-corrected chi connectivity index (χ1v) is 7.09. The Morgan fingerprint density at radius 1 is 1.45 bits per heavy atom. The van der Waals surface area contributed by atoms with Gasteiger partial charge in [0.1, 0.15) is 5.60 Å². The van der Waals surface area contributed by atoms with E-state index in [1.807, 2.05) is 32.9 Å². The van der Waals surface area contributed by atoms with Crippen molar-refractivity contribution in [1.82, 2.24) is 5.32 Å². The van der Waals surface area contributed by atoms with E-state index in [1.54, 1.807) is 0 Å². The monoisotopic (exact) mass is 277 g/mol. The summed E-state index contributed by atoms with van der Waals surface area (Å²) in [4.78, 5) is 11.8. The maximum absolute atomic E-state index is 11.8. The second-order valence-electron chi connectivity index (χ2n) is 6.33. The summed E-state index contributed by atoms with van der Waals surface area (Å²) in [6, 6.07) is 7.63. The lowest BCUT2D eigenvalue weighted by molar-refractivity contribution is 0.0482. The SMILES string of the molecule is CC(C)(C)OC(=O)NC(CO)c1cccc(C2CC2)c1. The lowest BCUT2D eigenvalue weighted by atomic mass is 10.0. The fourth-order valence-corrected chi connectivity index (χ4v) is 2.13. The molecule has 0 spiro atoms. The summed E-state index contributed by atoms with van der Waals surface area (Å²) in [6.07, 6.45) is 1.95. The third-order valence-electron chi connectivity index (χ3n) is 3.24. The second-order valence-corrected chi connectivity index (χ2v) is 6.33. The van der Waals surface area contributed by atoms with E-state index < -0.39 is 17.7 Å². The summed E-state index contributed by atoms with van der Waals surface area (Å²) in [6.45, 7) is 5.30. The van der Waals surface area contributed by atoms with Gasteiger partial charge >= 0.3 is 6.09 Å². The van der Waals surface area contributed by atoms with Crippen molar-refractivity contribution in [3.63, 3.8) is 0 Å². The zero-order valence-electron chi connectivity index (χ0n) is 12.3. The summed E-state index contributed by atoms with van der Waals surface area (Å²) in [5.41, 5.74) is 1.66. The maximum Gasteiger partial charge on any atom is 0.408 e. The van der Waals surface area contributed by atoms with Crippen LogP contribution >= 0.6 is 0 Å². The number of amides is 1.